The summed E-state index contributed by atoms with van der Waals surface area (Å²) in [6, 6.07) is 0. The van der Waals surface area contributed by atoms with Gasteiger partial charge in [0.25, 0.3) is 0 Å². The van der Waals surface area contributed by atoms with Crippen LogP contribution in [0.2, 0.25) is 0 Å². The first kappa shape index (κ1) is 20.2. The molecule has 140 valence electrons. The van der Waals surface area contributed by atoms with Gasteiger partial charge in [-0.1, -0.05) is 78.0 Å². The average Bonchev–Trinajstić information content (AvgIpc) is 2.39. The number of allylic oxidation sites excluding steroid dienone is 4. The largest absolute Gasteiger partial charge is 0.385 e. The Hall–Kier alpha value is -1.12. The molecule has 2 aliphatic carbocycles. The first-order chi connectivity index (χ1) is 11.2. The lowest BCUT2D eigenvalue weighted by molar-refractivity contribution is -0.00653. The van der Waals surface area contributed by atoms with Gasteiger partial charge < -0.3 is 10.2 Å². The van der Waals surface area contributed by atoms with Crippen molar-refractivity contribution in [2.24, 2.45) is 22.7 Å². The monoisotopic (exact) mass is 344 g/mol. The lowest BCUT2D eigenvalue weighted by atomic mass is 9.63. The van der Waals surface area contributed by atoms with Gasteiger partial charge in [0, 0.05) is 11.8 Å². The minimum atomic E-state index is -0.903. The molecule has 4 atom stereocenters. The zero-order chi connectivity index (χ0) is 19.3. The van der Waals surface area contributed by atoms with E-state index >= 15 is 0 Å². The number of rotatable bonds is 2. The van der Waals surface area contributed by atoms with Gasteiger partial charge in [0.1, 0.15) is 0 Å². The van der Waals surface area contributed by atoms with Crippen LogP contribution in [0.15, 0.2) is 47.6 Å². The lowest BCUT2D eigenvalue weighted by Crippen LogP contribution is -2.47. The van der Waals surface area contributed by atoms with Crippen molar-refractivity contribution in [3.8, 4) is 0 Å². The Bertz CT molecular complexity index is 572. The topological polar surface area (TPSA) is 40.5 Å². The van der Waals surface area contributed by atoms with Gasteiger partial charge in [-0.2, -0.15) is 0 Å². The van der Waals surface area contributed by atoms with Gasteiger partial charge in [0.05, 0.1) is 11.2 Å². The van der Waals surface area contributed by atoms with E-state index in [1.165, 1.54) is 0 Å². The van der Waals surface area contributed by atoms with Gasteiger partial charge in [-0.3, -0.25) is 0 Å². The Labute approximate surface area is 154 Å². The van der Waals surface area contributed by atoms with Gasteiger partial charge in [0.15, 0.2) is 0 Å². The van der Waals surface area contributed by atoms with E-state index in [0.717, 1.165) is 11.1 Å². The fourth-order valence-electron chi connectivity index (χ4n) is 4.59. The van der Waals surface area contributed by atoms with Crippen molar-refractivity contribution >= 4 is 0 Å². The van der Waals surface area contributed by atoms with Crippen LogP contribution in [0, 0.1) is 22.7 Å². The molecule has 2 N–H and O–H groups in total. The van der Waals surface area contributed by atoms with Crippen molar-refractivity contribution in [2.45, 2.75) is 73.0 Å². The Morgan fingerprint density at radius 3 is 1.36 bits per heavy atom. The molecular formula is C23H36O2. The minimum absolute atomic E-state index is 0.0211. The SMILES string of the molecule is CC(C)(C)C1=CC=CC(CC2C=CC=C(C(C)(C)C)C2(C)O)C1(C)O. The molecule has 0 radical (unpaired) electrons. The summed E-state index contributed by atoms with van der Waals surface area (Å²) in [7, 11) is 0. The highest BCUT2D eigenvalue weighted by Crippen LogP contribution is 2.47. The Balaban J connectivity index is 2.29. The highest BCUT2D eigenvalue weighted by molar-refractivity contribution is 5.36. The van der Waals surface area contributed by atoms with Gasteiger partial charge >= 0.3 is 0 Å². The van der Waals surface area contributed by atoms with Crippen LogP contribution in [0.1, 0.15) is 61.8 Å². The molecular weight excluding hydrogens is 308 g/mol. The number of hydrogen-bond donors (Lipinski definition) is 2. The molecule has 0 aliphatic heterocycles. The van der Waals surface area contributed by atoms with E-state index in [1.54, 1.807) is 0 Å². The van der Waals surface area contributed by atoms with E-state index in [1.807, 2.05) is 26.0 Å². The first-order valence-corrected chi connectivity index (χ1v) is 9.42. The Morgan fingerprint density at radius 2 is 1.08 bits per heavy atom. The van der Waals surface area contributed by atoms with Crippen LogP contribution < -0.4 is 0 Å². The molecule has 2 aliphatic rings. The Kier molecular flexibility index (Phi) is 5.04. The smallest absolute Gasteiger partial charge is 0.0899 e. The molecule has 2 nitrogen and oxygen atoms in total. The molecule has 0 fully saturated rings. The van der Waals surface area contributed by atoms with Crippen molar-refractivity contribution in [1.82, 2.24) is 0 Å². The Morgan fingerprint density at radius 1 is 0.760 bits per heavy atom. The molecule has 0 amide bonds. The molecule has 4 unspecified atom stereocenters. The van der Waals surface area contributed by atoms with Crippen LogP contribution in [0.4, 0.5) is 0 Å². The van der Waals surface area contributed by atoms with Crippen molar-refractivity contribution < 1.29 is 10.2 Å². The van der Waals surface area contributed by atoms with Gasteiger partial charge in [0.2, 0.25) is 0 Å². The first-order valence-electron chi connectivity index (χ1n) is 9.42. The minimum Gasteiger partial charge on any atom is -0.385 e. The maximum atomic E-state index is 11.3. The summed E-state index contributed by atoms with van der Waals surface area (Å²) in [6.07, 6.45) is 13.1. The van der Waals surface area contributed by atoms with Crippen LogP contribution in [0.5, 0.6) is 0 Å². The second-order valence-corrected chi connectivity index (χ2v) is 10.2. The molecule has 0 saturated carbocycles. The summed E-state index contributed by atoms with van der Waals surface area (Å²) in [5.41, 5.74) is 0.124. The fourth-order valence-corrected chi connectivity index (χ4v) is 4.59. The van der Waals surface area contributed by atoms with Gasteiger partial charge in [-0.15, -0.1) is 0 Å². The van der Waals surface area contributed by atoms with E-state index in [4.69, 9.17) is 0 Å². The highest BCUT2D eigenvalue weighted by atomic mass is 16.3. The molecule has 0 saturated heterocycles. The molecule has 0 heterocycles. The van der Waals surface area contributed by atoms with Crippen molar-refractivity contribution in [1.29, 1.82) is 0 Å². The van der Waals surface area contributed by atoms with Gasteiger partial charge in [-0.25, -0.2) is 0 Å². The normalized spacial score (nSPS) is 36.2. The van der Waals surface area contributed by atoms with E-state index in [9.17, 15) is 10.2 Å². The number of hydrogen-bond acceptors (Lipinski definition) is 2. The van der Waals surface area contributed by atoms with Crippen LogP contribution >= 0.6 is 0 Å². The van der Waals surface area contributed by atoms with E-state index in [2.05, 4.69) is 65.8 Å². The third-order valence-electron chi connectivity index (χ3n) is 5.87. The molecule has 2 heteroatoms. The molecule has 0 spiro atoms. The summed E-state index contributed by atoms with van der Waals surface area (Å²) >= 11 is 0. The standard InChI is InChI=1S/C23H36O2/c1-20(2,3)18-13-9-11-16(22(18,7)24)15-17-12-10-14-19(21(4,5)6)23(17,8)25/h9-14,16-17,24-25H,15H2,1-8H3. The third kappa shape index (κ3) is 3.85. The van der Waals surface area contributed by atoms with Crippen molar-refractivity contribution in [2.75, 3.05) is 0 Å². The zero-order valence-corrected chi connectivity index (χ0v) is 17.2. The summed E-state index contributed by atoms with van der Waals surface area (Å²) in [4.78, 5) is 0. The molecule has 0 aromatic carbocycles. The summed E-state index contributed by atoms with van der Waals surface area (Å²) in [5.74, 6) is -0.0423. The number of aliphatic hydroxyl groups is 2. The van der Waals surface area contributed by atoms with Crippen molar-refractivity contribution in [3.63, 3.8) is 0 Å². The predicted molar refractivity (Wildman–Crippen MR) is 106 cm³/mol. The lowest BCUT2D eigenvalue weighted by Gasteiger charge is -2.46. The second-order valence-electron chi connectivity index (χ2n) is 10.2. The second kappa shape index (κ2) is 6.25. The van der Waals surface area contributed by atoms with E-state index in [-0.39, 0.29) is 22.7 Å². The van der Waals surface area contributed by atoms with Crippen LogP contribution in [-0.2, 0) is 0 Å². The summed E-state index contributed by atoms with van der Waals surface area (Å²) in [5, 5.41) is 22.6. The predicted octanol–water partition coefficient (Wildman–Crippen LogP) is 5.20. The maximum Gasteiger partial charge on any atom is 0.0899 e. The quantitative estimate of drug-likeness (QED) is 0.723. The van der Waals surface area contributed by atoms with Crippen LogP contribution in [0.25, 0.3) is 0 Å². The summed E-state index contributed by atoms with van der Waals surface area (Å²) in [6.45, 7) is 16.7. The van der Waals surface area contributed by atoms with Gasteiger partial charge in [-0.05, 0) is 42.2 Å². The van der Waals surface area contributed by atoms with E-state index < -0.39 is 11.2 Å². The average molecular weight is 345 g/mol. The molecule has 0 aromatic rings. The van der Waals surface area contributed by atoms with Crippen LogP contribution in [0.3, 0.4) is 0 Å². The van der Waals surface area contributed by atoms with E-state index in [0.29, 0.717) is 6.42 Å². The molecule has 2 rings (SSSR count). The zero-order valence-electron chi connectivity index (χ0n) is 17.2. The third-order valence-corrected chi connectivity index (χ3v) is 5.87. The molecule has 0 aromatic heterocycles. The summed E-state index contributed by atoms with van der Waals surface area (Å²) < 4.78 is 0. The highest BCUT2D eigenvalue weighted by Gasteiger charge is 2.46. The molecule has 25 heavy (non-hydrogen) atoms. The van der Waals surface area contributed by atoms with Crippen LogP contribution in [-0.4, -0.2) is 21.4 Å². The molecule has 0 bridgehead atoms. The fraction of sp³-hybridized carbons (Fsp3) is 0.652. The maximum absolute atomic E-state index is 11.3. The van der Waals surface area contributed by atoms with Crippen molar-refractivity contribution in [3.05, 3.63) is 47.6 Å².